The number of hydrogen-bond acceptors (Lipinski definition) is 4. The average molecular weight is 273 g/mol. The molecule has 0 radical (unpaired) electrons. The Labute approximate surface area is 114 Å². The SMILES string of the molecule is N#Cc1ccc(C(=O)Nc2ccc(Cl)c(N)c2)nc1. The second kappa shape index (κ2) is 5.38. The summed E-state index contributed by atoms with van der Waals surface area (Å²) in [5, 5.41) is 11.7. The average Bonchev–Trinajstić information content (AvgIpc) is 2.43. The number of nitrogen functional groups attached to an aromatic ring is 1. The number of rotatable bonds is 2. The predicted octanol–water partition coefficient (Wildman–Crippen LogP) is 2.44. The number of pyridine rings is 1. The van der Waals surface area contributed by atoms with Crippen LogP contribution in [0.4, 0.5) is 11.4 Å². The van der Waals surface area contributed by atoms with E-state index >= 15 is 0 Å². The van der Waals surface area contributed by atoms with Crippen LogP contribution in [-0.2, 0) is 0 Å². The Hall–Kier alpha value is -2.58. The van der Waals surface area contributed by atoms with Crippen LogP contribution >= 0.6 is 11.6 Å². The number of anilines is 2. The smallest absolute Gasteiger partial charge is 0.274 e. The maximum absolute atomic E-state index is 11.9. The van der Waals surface area contributed by atoms with Gasteiger partial charge < -0.3 is 11.1 Å². The van der Waals surface area contributed by atoms with Gasteiger partial charge in [-0.3, -0.25) is 4.79 Å². The van der Waals surface area contributed by atoms with E-state index in [9.17, 15) is 4.79 Å². The van der Waals surface area contributed by atoms with Crippen LogP contribution in [0.15, 0.2) is 36.5 Å². The van der Waals surface area contributed by atoms with Gasteiger partial charge in [-0.1, -0.05) is 11.6 Å². The van der Waals surface area contributed by atoms with Gasteiger partial charge in [0, 0.05) is 11.9 Å². The van der Waals surface area contributed by atoms with Gasteiger partial charge in [0.05, 0.1) is 16.3 Å². The quantitative estimate of drug-likeness (QED) is 0.821. The monoisotopic (exact) mass is 272 g/mol. The fourth-order valence-electron chi connectivity index (χ4n) is 1.41. The van der Waals surface area contributed by atoms with E-state index in [1.165, 1.54) is 18.3 Å². The zero-order valence-electron chi connectivity index (χ0n) is 9.72. The molecule has 6 heteroatoms. The van der Waals surface area contributed by atoms with Crippen molar-refractivity contribution in [1.29, 1.82) is 5.26 Å². The van der Waals surface area contributed by atoms with Crippen molar-refractivity contribution in [1.82, 2.24) is 4.98 Å². The van der Waals surface area contributed by atoms with Crippen molar-refractivity contribution in [2.75, 3.05) is 11.1 Å². The fraction of sp³-hybridized carbons (Fsp3) is 0. The number of benzene rings is 1. The van der Waals surface area contributed by atoms with Crippen molar-refractivity contribution in [3.8, 4) is 6.07 Å². The van der Waals surface area contributed by atoms with Crippen molar-refractivity contribution in [3.05, 3.63) is 52.8 Å². The Morgan fingerprint density at radius 1 is 1.37 bits per heavy atom. The summed E-state index contributed by atoms with van der Waals surface area (Å²) in [4.78, 5) is 15.8. The zero-order chi connectivity index (χ0) is 13.8. The van der Waals surface area contributed by atoms with Crippen molar-refractivity contribution in [2.24, 2.45) is 0 Å². The lowest BCUT2D eigenvalue weighted by Gasteiger charge is -2.06. The van der Waals surface area contributed by atoms with E-state index in [1.807, 2.05) is 6.07 Å². The number of nitrogens with two attached hydrogens (primary N) is 1. The van der Waals surface area contributed by atoms with E-state index in [1.54, 1.807) is 18.2 Å². The van der Waals surface area contributed by atoms with Crippen LogP contribution < -0.4 is 11.1 Å². The largest absolute Gasteiger partial charge is 0.397 e. The molecule has 1 amide bonds. The maximum atomic E-state index is 11.9. The number of nitriles is 1. The Kier molecular flexibility index (Phi) is 3.64. The van der Waals surface area contributed by atoms with Gasteiger partial charge in [0.1, 0.15) is 11.8 Å². The summed E-state index contributed by atoms with van der Waals surface area (Å²) >= 11 is 5.79. The zero-order valence-corrected chi connectivity index (χ0v) is 10.5. The molecule has 0 aliphatic rings. The molecule has 2 rings (SSSR count). The first-order valence-electron chi connectivity index (χ1n) is 5.32. The fourth-order valence-corrected chi connectivity index (χ4v) is 1.53. The second-order valence-electron chi connectivity index (χ2n) is 3.73. The molecule has 1 aromatic carbocycles. The van der Waals surface area contributed by atoms with Crippen LogP contribution in [0.25, 0.3) is 0 Å². The number of carbonyl (C=O) groups excluding carboxylic acids is 1. The number of hydrogen-bond donors (Lipinski definition) is 2. The standard InChI is InChI=1S/C13H9ClN4O/c14-10-3-2-9(5-11(10)16)18-13(19)12-4-1-8(6-15)7-17-12/h1-5,7H,16H2,(H,18,19). The van der Waals surface area contributed by atoms with E-state index < -0.39 is 0 Å². The lowest BCUT2D eigenvalue weighted by Crippen LogP contribution is -2.13. The number of halogens is 1. The van der Waals surface area contributed by atoms with Crippen LogP contribution in [0.1, 0.15) is 16.1 Å². The van der Waals surface area contributed by atoms with Crippen molar-refractivity contribution >= 4 is 28.9 Å². The first-order chi connectivity index (χ1) is 9.10. The lowest BCUT2D eigenvalue weighted by molar-refractivity contribution is 0.102. The van der Waals surface area contributed by atoms with E-state index in [2.05, 4.69) is 10.3 Å². The molecule has 0 bridgehead atoms. The Morgan fingerprint density at radius 2 is 2.16 bits per heavy atom. The molecule has 0 aliphatic heterocycles. The number of nitrogens with one attached hydrogen (secondary N) is 1. The Bertz CT molecular complexity index is 661. The van der Waals surface area contributed by atoms with Gasteiger partial charge in [0.25, 0.3) is 5.91 Å². The third-order valence-electron chi connectivity index (χ3n) is 2.38. The van der Waals surface area contributed by atoms with Gasteiger partial charge in [0.2, 0.25) is 0 Å². The van der Waals surface area contributed by atoms with Gasteiger partial charge in [-0.05, 0) is 30.3 Å². The molecule has 0 atom stereocenters. The molecule has 0 spiro atoms. The summed E-state index contributed by atoms with van der Waals surface area (Å²) in [5.74, 6) is -0.383. The third-order valence-corrected chi connectivity index (χ3v) is 2.72. The lowest BCUT2D eigenvalue weighted by atomic mass is 10.2. The van der Waals surface area contributed by atoms with Crippen molar-refractivity contribution < 1.29 is 4.79 Å². The van der Waals surface area contributed by atoms with Crippen LogP contribution in [0.3, 0.4) is 0 Å². The number of nitrogens with zero attached hydrogens (tertiary/aromatic N) is 2. The highest BCUT2D eigenvalue weighted by Gasteiger charge is 2.08. The summed E-state index contributed by atoms with van der Waals surface area (Å²) < 4.78 is 0. The molecule has 0 saturated heterocycles. The summed E-state index contributed by atoms with van der Waals surface area (Å²) in [6, 6.07) is 9.73. The van der Waals surface area contributed by atoms with Crippen LogP contribution in [0, 0.1) is 11.3 Å². The summed E-state index contributed by atoms with van der Waals surface area (Å²) in [5.41, 5.74) is 7.16. The highest BCUT2D eigenvalue weighted by Crippen LogP contribution is 2.22. The highest BCUT2D eigenvalue weighted by atomic mass is 35.5. The van der Waals surface area contributed by atoms with Gasteiger partial charge >= 0.3 is 0 Å². The van der Waals surface area contributed by atoms with Crippen molar-refractivity contribution in [2.45, 2.75) is 0 Å². The summed E-state index contributed by atoms with van der Waals surface area (Å²) in [7, 11) is 0. The molecule has 1 heterocycles. The molecule has 3 N–H and O–H groups in total. The number of aromatic nitrogens is 1. The minimum Gasteiger partial charge on any atom is -0.397 e. The number of amides is 1. The molecule has 0 saturated carbocycles. The second-order valence-corrected chi connectivity index (χ2v) is 4.14. The molecule has 0 fully saturated rings. The maximum Gasteiger partial charge on any atom is 0.274 e. The van der Waals surface area contributed by atoms with Crippen LogP contribution in [0.5, 0.6) is 0 Å². The van der Waals surface area contributed by atoms with Gasteiger partial charge in [-0.25, -0.2) is 4.98 Å². The van der Waals surface area contributed by atoms with E-state index in [0.717, 1.165) is 0 Å². The van der Waals surface area contributed by atoms with E-state index in [4.69, 9.17) is 22.6 Å². The summed E-state index contributed by atoms with van der Waals surface area (Å²) in [6.45, 7) is 0. The van der Waals surface area contributed by atoms with E-state index in [0.29, 0.717) is 22.0 Å². The minimum absolute atomic E-state index is 0.215. The van der Waals surface area contributed by atoms with Crippen LogP contribution in [0.2, 0.25) is 5.02 Å². The van der Waals surface area contributed by atoms with Crippen LogP contribution in [-0.4, -0.2) is 10.9 Å². The molecular weight excluding hydrogens is 264 g/mol. The topological polar surface area (TPSA) is 91.8 Å². The minimum atomic E-state index is -0.383. The van der Waals surface area contributed by atoms with Gasteiger partial charge in [0.15, 0.2) is 0 Å². The Morgan fingerprint density at radius 3 is 2.74 bits per heavy atom. The third kappa shape index (κ3) is 3.00. The normalized spacial score (nSPS) is 9.68. The molecule has 0 aliphatic carbocycles. The molecule has 1 aromatic heterocycles. The first-order valence-corrected chi connectivity index (χ1v) is 5.70. The molecule has 94 valence electrons. The van der Waals surface area contributed by atoms with Crippen molar-refractivity contribution in [3.63, 3.8) is 0 Å². The van der Waals surface area contributed by atoms with Gasteiger partial charge in [-0.15, -0.1) is 0 Å². The summed E-state index contributed by atoms with van der Waals surface area (Å²) in [6.07, 6.45) is 1.34. The molecular formula is C13H9ClN4O. The molecule has 2 aromatic rings. The molecule has 0 unspecified atom stereocenters. The molecule has 5 nitrogen and oxygen atoms in total. The Balaban J connectivity index is 2.16. The predicted molar refractivity (Wildman–Crippen MR) is 72.8 cm³/mol. The van der Waals surface area contributed by atoms with Gasteiger partial charge in [-0.2, -0.15) is 5.26 Å². The molecule has 19 heavy (non-hydrogen) atoms. The van der Waals surface area contributed by atoms with E-state index in [-0.39, 0.29) is 11.6 Å². The highest BCUT2D eigenvalue weighted by molar-refractivity contribution is 6.33. The first kappa shape index (κ1) is 12.9. The number of carbonyl (C=O) groups is 1.